The first-order valence-corrected chi connectivity index (χ1v) is 15.0. The highest BCUT2D eigenvalue weighted by Gasteiger charge is 2.35. The van der Waals surface area contributed by atoms with Gasteiger partial charge in [0.05, 0.1) is 0 Å². The molecule has 2 saturated carbocycles. The van der Waals surface area contributed by atoms with Crippen molar-refractivity contribution in [2.24, 2.45) is 5.92 Å². The fourth-order valence-electron chi connectivity index (χ4n) is 6.77. The Morgan fingerprint density at radius 2 is 1.11 bits per heavy atom. The molecule has 0 radical (unpaired) electrons. The maximum absolute atomic E-state index is 15.1. The SMILES string of the molecule is CCCCCC1CCC(c2ccc(-c3ccc(C4CCC(F)(CCCCC)CC4)cc3)cc2)CC1. The van der Waals surface area contributed by atoms with Crippen LogP contribution in [0.25, 0.3) is 11.1 Å². The molecule has 0 unspecified atom stereocenters. The highest BCUT2D eigenvalue weighted by molar-refractivity contribution is 5.64. The zero-order chi connectivity index (χ0) is 24.5. The van der Waals surface area contributed by atoms with Crippen molar-refractivity contribution in [3.05, 3.63) is 59.7 Å². The van der Waals surface area contributed by atoms with Crippen LogP contribution in [0.15, 0.2) is 48.5 Å². The molecule has 0 nitrogen and oxygen atoms in total. The number of alkyl halides is 1. The number of benzene rings is 2. The Labute approximate surface area is 215 Å². The van der Waals surface area contributed by atoms with Gasteiger partial charge in [0.15, 0.2) is 0 Å². The monoisotopic (exact) mass is 476 g/mol. The first kappa shape index (κ1) is 26.4. The summed E-state index contributed by atoms with van der Waals surface area (Å²) in [6, 6.07) is 18.6. The zero-order valence-corrected chi connectivity index (χ0v) is 22.5. The third-order valence-electron chi connectivity index (χ3n) is 9.27. The van der Waals surface area contributed by atoms with Crippen molar-refractivity contribution in [1.29, 1.82) is 0 Å². The molecular weight excluding hydrogens is 427 g/mol. The second kappa shape index (κ2) is 13.1. The van der Waals surface area contributed by atoms with Crippen LogP contribution in [0.1, 0.15) is 140 Å². The fraction of sp³-hybridized carbons (Fsp3) is 0.647. The molecule has 2 aromatic carbocycles. The van der Waals surface area contributed by atoms with Gasteiger partial charge >= 0.3 is 0 Å². The largest absolute Gasteiger partial charge is 0.244 e. The van der Waals surface area contributed by atoms with Gasteiger partial charge in [-0.05, 0) is 97.8 Å². The topological polar surface area (TPSA) is 0 Å². The van der Waals surface area contributed by atoms with Crippen LogP contribution in [0, 0.1) is 5.92 Å². The number of halogens is 1. The van der Waals surface area contributed by atoms with E-state index in [1.165, 1.54) is 80.0 Å². The van der Waals surface area contributed by atoms with E-state index < -0.39 is 5.67 Å². The van der Waals surface area contributed by atoms with Crippen molar-refractivity contribution in [2.75, 3.05) is 0 Å². The van der Waals surface area contributed by atoms with Gasteiger partial charge in [0.1, 0.15) is 5.67 Å². The lowest BCUT2D eigenvalue weighted by Gasteiger charge is -2.34. The smallest absolute Gasteiger partial charge is 0.111 e. The predicted octanol–water partition coefficient (Wildman–Crippen LogP) is 11.2. The van der Waals surface area contributed by atoms with Crippen LogP contribution < -0.4 is 0 Å². The van der Waals surface area contributed by atoms with E-state index in [2.05, 4.69) is 62.4 Å². The normalized spacial score (nSPS) is 27.1. The maximum Gasteiger partial charge on any atom is 0.111 e. The number of hydrogen-bond donors (Lipinski definition) is 0. The van der Waals surface area contributed by atoms with E-state index >= 15 is 4.39 Å². The van der Waals surface area contributed by atoms with Gasteiger partial charge in [-0.15, -0.1) is 0 Å². The van der Waals surface area contributed by atoms with Crippen LogP contribution in [0.2, 0.25) is 0 Å². The molecule has 192 valence electrons. The van der Waals surface area contributed by atoms with Crippen molar-refractivity contribution < 1.29 is 4.39 Å². The lowest BCUT2D eigenvalue weighted by atomic mass is 9.75. The average Bonchev–Trinajstić information content (AvgIpc) is 2.90. The Morgan fingerprint density at radius 3 is 1.63 bits per heavy atom. The first-order chi connectivity index (χ1) is 17.1. The molecule has 2 aliphatic rings. The van der Waals surface area contributed by atoms with E-state index in [9.17, 15) is 0 Å². The lowest BCUT2D eigenvalue weighted by Crippen LogP contribution is -2.28. The summed E-state index contributed by atoms with van der Waals surface area (Å²) >= 11 is 0. The van der Waals surface area contributed by atoms with Crippen molar-refractivity contribution in [3.63, 3.8) is 0 Å². The first-order valence-electron chi connectivity index (χ1n) is 15.0. The van der Waals surface area contributed by atoms with Crippen LogP contribution in [0.5, 0.6) is 0 Å². The number of hydrogen-bond acceptors (Lipinski definition) is 0. The van der Waals surface area contributed by atoms with Crippen LogP contribution in [-0.4, -0.2) is 5.67 Å². The van der Waals surface area contributed by atoms with Crippen molar-refractivity contribution in [1.82, 2.24) is 0 Å². The van der Waals surface area contributed by atoms with E-state index in [4.69, 9.17) is 0 Å². The highest BCUT2D eigenvalue weighted by Crippen LogP contribution is 2.43. The third kappa shape index (κ3) is 7.43. The summed E-state index contributed by atoms with van der Waals surface area (Å²) < 4.78 is 15.1. The van der Waals surface area contributed by atoms with Crippen LogP contribution in [0.4, 0.5) is 4.39 Å². The van der Waals surface area contributed by atoms with Gasteiger partial charge in [-0.2, -0.15) is 0 Å². The number of rotatable bonds is 11. The average molecular weight is 477 g/mol. The molecule has 0 atom stereocenters. The summed E-state index contributed by atoms with van der Waals surface area (Å²) in [5, 5.41) is 0. The fourth-order valence-corrected chi connectivity index (χ4v) is 6.77. The summed E-state index contributed by atoms with van der Waals surface area (Å²) in [6.07, 6.45) is 18.8. The van der Waals surface area contributed by atoms with E-state index in [1.54, 1.807) is 0 Å². The quantitative estimate of drug-likeness (QED) is 0.283. The van der Waals surface area contributed by atoms with Gasteiger partial charge in [-0.1, -0.05) is 107 Å². The second-order valence-electron chi connectivity index (χ2n) is 11.8. The summed E-state index contributed by atoms with van der Waals surface area (Å²) in [7, 11) is 0. The van der Waals surface area contributed by atoms with Gasteiger partial charge < -0.3 is 0 Å². The molecule has 2 aliphatic carbocycles. The molecule has 4 rings (SSSR count). The molecule has 0 spiro atoms. The Morgan fingerprint density at radius 1 is 0.629 bits per heavy atom. The maximum atomic E-state index is 15.1. The van der Waals surface area contributed by atoms with E-state index in [1.807, 2.05) is 0 Å². The molecule has 0 bridgehead atoms. The van der Waals surface area contributed by atoms with Crippen molar-refractivity contribution >= 4 is 0 Å². The number of unbranched alkanes of at least 4 members (excludes halogenated alkanes) is 4. The summed E-state index contributed by atoms with van der Waals surface area (Å²) in [6.45, 7) is 4.50. The summed E-state index contributed by atoms with van der Waals surface area (Å²) in [5.74, 6) is 2.26. The Hall–Kier alpha value is -1.63. The van der Waals surface area contributed by atoms with Gasteiger partial charge in [0.2, 0.25) is 0 Å². The van der Waals surface area contributed by atoms with E-state index in [-0.39, 0.29) is 0 Å². The van der Waals surface area contributed by atoms with E-state index in [0.717, 1.165) is 56.8 Å². The molecular formula is C34H49F. The summed E-state index contributed by atoms with van der Waals surface area (Å²) in [4.78, 5) is 0. The molecule has 0 aromatic heterocycles. The molecule has 0 heterocycles. The minimum atomic E-state index is -0.901. The molecule has 0 N–H and O–H groups in total. The minimum Gasteiger partial charge on any atom is -0.244 e. The van der Waals surface area contributed by atoms with Crippen LogP contribution in [-0.2, 0) is 0 Å². The Kier molecular flexibility index (Phi) is 9.87. The Bertz CT molecular complexity index is 848. The Balaban J connectivity index is 1.27. The van der Waals surface area contributed by atoms with E-state index in [0.29, 0.717) is 5.92 Å². The zero-order valence-electron chi connectivity index (χ0n) is 22.5. The van der Waals surface area contributed by atoms with Crippen molar-refractivity contribution in [2.45, 2.75) is 134 Å². The molecule has 0 aliphatic heterocycles. The third-order valence-corrected chi connectivity index (χ3v) is 9.27. The summed E-state index contributed by atoms with van der Waals surface area (Å²) in [5.41, 5.74) is 4.65. The molecule has 0 saturated heterocycles. The highest BCUT2D eigenvalue weighted by atomic mass is 19.1. The molecule has 1 heteroatoms. The van der Waals surface area contributed by atoms with Gasteiger partial charge in [0.25, 0.3) is 0 Å². The standard InChI is InChI=1S/C34H49F/c1-3-5-7-9-27-10-12-28(13-11-27)29-14-16-30(17-15-29)31-18-20-32(21-19-31)33-22-25-34(35,26-23-33)24-8-6-4-2/h14-21,27-28,33H,3-13,22-26H2,1-2H3. The molecule has 2 fully saturated rings. The predicted molar refractivity (Wildman–Crippen MR) is 150 cm³/mol. The lowest BCUT2D eigenvalue weighted by molar-refractivity contribution is 0.0851. The van der Waals surface area contributed by atoms with Crippen LogP contribution >= 0.6 is 0 Å². The van der Waals surface area contributed by atoms with Gasteiger partial charge in [-0.3, -0.25) is 0 Å². The van der Waals surface area contributed by atoms with Crippen LogP contribution in [0.3, 0.4) is 0 Å². The minimum absolute atomic E-state index is 0.526. The molecule has 2 aromatic rings. The molecule has 0 amide bonds. The van der Waals surface area contributed by atoms with Crippen molar-refractivity contribution in [3.8, 4) is 11.1 Å². The molecule has 35 heavy (non-hydrogen) atoms. The second-order valence-corrected chi connectivity index (χ2v) is 11.8. The van der Waals surface area contributed by atoms with Gasteiger partial charge in [0, 0.05) is 0 Å². The van der Waals surface area contributed by atoms with Gasteiger partial charge in [-0.25, -0.2) is 4.39 Å².